The van der Waals surface area contributed by atoms with E-state index in [4.69, 9.17) is 31.6 Å². The standard InChI is InChI=1S/C28H12Cl2N2O10S2.CH4.2H3N/c29-17-21-19(13-15(27(17)41-43(37)38)25(35)11-7-3-1-5-9(11)23(13)33)31-22-18(30)28(42-44(39)40)16-14(20(22)32-21)24(34)10-6-2-4-8-12(10)26(16)36;;;/h1-8,31-32H,(H,37,38)(H,39,40);1H4;2*1H3. The maximum absolute atomic E-state index is 13.8. The molecule has 18 heteroatoms. The van der Waals surface area contributed by atoms with Crippen molar-refractivity contribution in [2.24, 2.45) is 0 Å². The van der Waals surface area contributed by atoms with Gasteiger partial charge in [-0.2, -0.15) is 0 Å². The van der Waals surface area contributed by atoms with Crippen molar-refractivity contribution in [2.45, 2.75) is 7.43 Å². The van der Waals surface area contributed by atoms with Crippen LogP contribution in [0.25, 0.3) is 65.2 Å². The Morgan fingerprint density at radius 3 is 1.09 bits per heavy atom. The molecule has 7 rings (SSSR count). The number of H-pyrrole nitrogens is 2. The molecule has 0 saturated heterocycles. The topological polar surface area (TPSA) is 272 Å². The van der Waals surface area contributed by atoms with Crippen LogP contribution in [0.1, 0.15) is 7.43 Å². The summed E-state index contributed by atoms with van der Waals surface area (Å²) in [5.41, 5.74) is -3.70. The number of hydrogen-bond acceptors (Lipinski definition) is 10. The average Bonchev–Trinajstić information content (AvgIpc) is 3.00. The normalized spacial score (nSPS) is 12.5. The summed E-state index contributed by atoms with van der Waals surface area (Å²) in [6.45, 7) is 0. The third-order valence-corrected chi connectivity index (χ3v) is 8.66. The van der Waals surface area contributed by atoms with Gasteiger partial charge in [0.05, 0.1) is 43.6 Å². The van der Waals surface area contributed by atoms with E-state index >= 15 is 0 Å². The van der Waals surface area contributed by atoms with Crippen molar-refractivity contribution in [2.75, 3.05) is 0 Å². The second kappa shape index (κ2) is 12.6. The van der Waals surface area contributed by atoms with Crippen molar-refractivity contribution in [3.05, 3.63) is 99.5 Å². The van der Waals surface area contributed by atoms with Crippen LogP contribution >= 0.6 is 23.2 Å². The van der Waals surface area contributed by atoms with Crippen LogP contribution in [0, 0.1) is 0 Å². The van der Waals surface area contributed by atoms with Gasteiger partial charge in [-0.1, -0.05) is 79.2 Å². The van der Waals surface area contributed by atoms with E-state index in [-0.39, 0.29) is 74.1 Å². The van der Waals surface area contributed by atoms with Crippen LogP contribution in [0.5, 0.6) is 11.5 Å². The number of aromatic amines is 2. The zero-order valence-corrected chi connectivity index (χ0v) is 26.4. The molecule has 0 spiro atoms. The zero-order valence-electron chi connectivity index (χ0n) is 23.3. The molecular formula is C29H22Cl2N4O10S2. The van der Waals surface area contributed by atoms with Crippen LogP contribution < -0.4 is 42.4 Å². The molecule has 0 amide bonds. The van der Waals surface area contributed by atoms with Gasteiger partial charge in [0.15, 0.2) is 33.2 Å². The third-order valence-electron chi connectivity index (χ3n) is 7.34. The predicted octanol–water partition coefficient (Wildman–Crippen LogP) is 5.18. The monoisotopic (exact) mass is 720 g/mol. The molecule has 1 aromatic heterocycles. The number of aromatic nitrogens is 2. The molecule has 7 aromatic rings. The molecule has 0 fully saturated rings. The van der Waals surface area contributed by atoms with Crippen LogP contribution in [0.15, 0.2) is 67.7 Å². The minimum Gasteiger partial charge on any atom is -0.740 e. The van der Waals surface area contributed by atoms with Gasteiger partial charge in [0, 0.05) is 21.5 Å². The lowest BCUT2D eigenvalue weighted by Crippen LogP contribution is -2.17. The van der Waals surface area contributed by atoms with Gasteiger partial charge in [0.2, 0.25) is 0 Å². The Bertz CT molecular complexity index is 2570. The molecule has 0 bridgehead atoms. The molecule has 2 unspecified atom stereocenters. The van der Waals surface area contributed by atoms with Gasteiger partial charge in [-0.15, -0.1) is 0 Å². The summed E-state index contributed by atoms with van der Waals surface area (Å²) in [5, 5.41) is -2.63. The molecule has 47 heavy (non-hydrogen) atoms. The Hall–Kier alpha value is -4.52. The molecule has 14 nitrogen and oxygen atoms in total. The van der Waals surface area contributed by atoms with Crippen LogP contribution in [-0.4, -0.2) is 27.5 Å². The van der Waals surface area contributed by atoms with Crippen LogP contribution in [0.4, 0.5) is 0 Å². The van der Waals surface area contributed by atoms with Gasteiger partial charge in [-0.3, -0.25) is 19.2 Å². The molecule has 244 valence electrons. The smallest absolute Gasteiger partial charge is 0.198 e. The molecule has 2 atom stereocenters. The second-order valence-corrected chi connectivity index (χ2v) is 11.4. The Morgan fingerprint density at radius 2 is 0.809 bits per heavy atom. The number of nitrogens with one attached hydrogen (secondary N) is 2. The van der Waals surface area contributed by atoms with E-state index < -0.39 is 76.8 Å². The van der Waals surface area contributed by atoms with E-state index in [2.05, 4.69) is 9.97 Å². The van der Waals surface area contributed by atoms with Crippen LogP contribution in [0.3, 0.4) is 0 Å². The fourth-order valence-corrected chi connectivity index (χ4v) is 6.85. The van der Waals surface area contributed by atoms with Crippen molar-refractivity contribution < 1.29 is 25.9 Å². The Morgan fingerprint density at radius 1 is 0.532 bits per heavy atom. The number of halogens is 2. The van der Waals surface area contributed by atoms with Gasteiger partial charge >= 0.3 is 0 Å². The summed E-state index contributed by atoms with van der Waals surface area (Å²) in [6, 6.07) is 11.6. The van der Waals surface area contributed by atoms with Gasteiger partial charge in [-0.05, 0) is 0 Å². The fraction of sp³-hybridized carbons (Fsp3) is 0.0345. The Balaban J connectivity index is 0.00000167. The first-order valence-corrected chi connectivity index (χ1v) is 15.0. The van der Waals surface area contributed by atoms with Gasteiger partial charge in [0.25, 0.3) is 0 Å². The van der Waals surface area contributed by atoms with Crippen molar-refractivity contribution in [1.82, 2.24) is 22.3 Å². The van der Waals surface area contributed by atoms with E-state index in [1.54, 1.807) is 0 Å². The first kappa shape index (κ1) is 35.3. The summed E-state index contributed by atoms with van der Waals surface area (Å²) in [4.78, 5) is 60.7. The lowest BCUT2D eigenvalue weighted by Gasteiger charge is -2.18. The highest BCUT2D eigenvalue weighted by atomic mass is 35.5. The highest BCUT2D eigenvalue weighted by molar-refractivity contribution is 7.74. The highest BCUT2D eigenvalue weighted by Gasteiger charge is 2.27. The quantitative estimate of drug-likeness (QED) is 0.105. The first-order valence-electron chi connectivity index (χ1n) is 12.3. The van der Waals surface area contributed by atoms with Gasteiger partial charge in [0.1, 0.15) is 32.8 Å². The Labute approximate surface area is 276 Å². The zero-order chi connectivity index (χ0) is 31.2. The Kier molecular flexibility index (Phi) is 9.46. The molecule has 10 N–H and O–H groups in total. The minimum atomic E-state index is -3.25. The lowest BCUT2D eigenvalue weighted by atomic mass is 9.98. The number of hydrogen-bond donors (Lipinski definition) is 4. The molecule has 0 radical (unpaired) electrons. The first-order chi connectivity index (χ1) is 21.0. The summed E-state index contributed by atoms with van der Waals surface area (Å²) >= 11 is 6.76. The van der Waals surface area contributed by atoms with Crippen molar-refractivity contribution in [1.29, 1.82) is 0 Å². The largest absolute Gasteiger partial charge is 0.740 e. The van der Waals surface area contributed by atoms with Crippen LogP contribution in [-0.2, 0) is 22.7 Å². The van der Waals surface area contributed by atoms with E-state index in [0.717, 1.165) is 0 Å². The molecule has 0 aliphatic rings. The maximum atomic E-state index is 13.8. The summed E-state index contributed by atoms with van der Waals surface area (Å²) < 4.78 is 56.6. The van der Waals surface area contributed by atoms with E-state index in [1.165, 1.54) is 48.5 Å². The number of quaternary nitrogens is 2. The molecular weight excluding hydrogens is 699 g/mol. The van der Waals surface area contributed by atoms with Gasteiger partial charge in [-0.25, -0.2) is 8.42 Å². The molecule has 0 aliphatic carbocycles. The molecule has 1 heterocycles. The third kappa shape index (κ3) is 5.02. The average molecular weight is 722 g/mol. The SMILES string of the molecule is C.O=c1c2ccccc2c(=O)c2c1c(OS(=O)[O-])c(Cl)c1[nH]c3c([nH]c12)c(Cl)c(OS(=O)[O-])c1c(=O)c2ccccc2c(=O)c13.[NH4+].[NH4+]. The van der Waals surface area contributed by atoms with Crippen molar-refractivity contribution in [3.63, 3.8) is 0 Å². The fourth-order valence-electron chi connectivity index (χ4n) is 5.60. The van der Waals surface area contributed by atoms with Crippen LogP contribution in [0.2, 0.25) is 10.0 Å². The summed E-state index contributed by atoms with van der Waals surface area (Å²) in [5.74, 6) is -1.32. The number of fused-ring (bicyclic) bond motifs is 8. The minimum absolute atomic E-state index is 0. The highest BCUT2D eigenvalue weighted by Crippen LogP contribution is 2.43. The van der Waals surface area contributed by atoms with Crippen molar-refractivity contribution >= 4 is 111 Å². The predicted molar refractivity (Wildman–Crippen MR) is 184 cm³/mol. The second-order valence-electron chi connectivity index (χ2n) is 9.52. The lowest BCUT2D eigenvalue weighted by molar-refractivity contribution is 0.441. The van der Waals surface area contributed by atoms with E-state index in [0.29, 0.717) is 0 Å². The van der Waals surface area contributed by atoms with E-state index in [9.17, 15) is 36.7 Å². The number of rotatable bonds is 4. The molecule has 6 aromatic carbocycles. The molecule has 0 aliphatic heterocycles. The summed E-state index contributed by atoms with van der Waals surface area (Å²) in [7, 11) is 0. The summed E-state index contributed by atoms with van der Waals surface area (Å²) in [6.07, 6.45) is 0. The number of benzene rings is 6. The molecule has 0 saturated carbocycles. The van der Waals surface area contributed by atoms with Crippen molar-refractivity contribution in [3.8, 4) is 11.5 Å². The van der Waals surface area contributed by atoms with E-state index in [1.807, 2.05) is 0 Å². The maximum Gasteiger partial charge on any atom is 0.198 e. The van der Waals surface area contributed by atoms with Gasteiger partial charge < -0.3 is 39.7 Å².